The molecular formula is C15H22N4O. The second-order valence-electron chi connectivity index (χ2n) is 4.79. The molecule has 2 heterocycles. The molecule has 0 saturated heterocycles. The van der Waals surface area contributed by atoms with Crippen LogP contribution in [0, 0.1) is 0 Å². The summed E-state index contributed by atoms with van der Waals surface area (Å²) < 4.78 is 7.39. The molecule has 20 heavy (non-hydrogen) atoms. The molecule has 0 aliphatic carbocycles. The van der Waals surface area contributed by atoms with Crippen molar-refractivity contribution in [2.45, 2.75) is 32.7 Å². The fourth-order valence-corrected chi connectivity index (χ4v) is 2.02. The lowest BCUT2D eigenvalue weighted by atomic mass is 10.1. The first-order chi connectivity index (χ1) is 9.72. The van der Waals surface area contributed by atoms with Crippen molar-refractivity contribution in [2.75, 3.05) is 6.54 Å². The molecule has 0 radical (unpaired) electrons. The van der Waals surface area contributed by atoms with Crippen LogP contribution in [-0.4, -0.2) is 21.3 Å². The van der Waals surface area contributed by atoms with Gasteiger partial charge in [-0.05, 0) is 31.5 Å². The van der Waals surface area contributed by atoms with E-state index in [1.54, 1.807) is 17.1 Å². The van der Waals surface area contributed by atoms with Crippen molar-refractivity contribution < 1.29 is 4.74 Å². The van der Waals surface area contributed by atoms with Crippen molar-refractivity contribution in [2.24, 2.45) is 7.05 Å². The number of nitrogens with one attached hydrogen (secondary N) is 1. The maximum Gasteiger partial charge on any atom is 0.165 e. The van der Waals surface area contributed by atoms with E-state index in [4.69, 9.17) is 4.74 Å². The predicted molar refractivity (Wildman–Crippen MR) is 78.8 cm³/mol. The SMILES string of the molecule is CCCNC(CC)c1ccc(Oc2cnn(C)c2)cn1. The summed E-state index contributed by atoms with van der Waals surface area (Å²) >= 11 is 0. The van der Waals surface area contributed by atoms with Crippen LogP contribution in [0.5, 0.6) is 11.5 Å². The standard InChI is InChI=1S/C15H22N4O/c1-4-8-16-14(5-2)15-7-6-12(9-17-15)20-13-10-18-19(3)11-13/h6-7,9-11,14,16H,4-5,8H2,1-3H3. The zero-order valence-electron chi connectivity index (χ0n) is 12.3. The first-order valence-corrected chi connectivity index (χ1v) is 7.08. The first kappa shape index (κ1) is 14.5. The number of pyridine rings is 1. The van der Waals surface area contributed by atoms with Gasteiger partial charge < -0.3 is 10.1 Å². The van der Waals surface area contributed by atoms with E-state index in [0.29, 0.717) is 6.04 Å². The maximum absolute atomic E-state index is 5.68. The average molecular weight is 274 g/mol. The number of nitrogens with zero attached hydrogens (tertiary/aromatic N) is 3. The van der Waals surface area contributed by atoms with Crippen LogP contribution in [0.15, 0.2) is 30.7 Å². The summed E-state index contributed by atoms with van der Waals surface area (Å²) in [6, 6.07) is 4.27. The highest BCUT2D eigenvalue weighted by molar-refractivity contribution is 5.27. The molecule has 0 fully saturated rings. The van der Waals surface area contributed by atoms with Crippen molar-refractivity contribution in [3.63, 3.8) is 0 Å². The molecule has 0 aliphatic heterocycles. The molecule has 0 saturated carbocycles. The number of aryl methyl sites for hydroxylation is 1. The fraction of sp³-hybridized carbons (Fsp3) is 0.467. The van der Waals surface area contributed by atoms with E-state index in [9.17, 15) is 0 Å². The monoisotopic (exact) mass is 274 g/mol. The molecule has 0 aromatic carbocycles. The van der Waals surface area contributed by atoms with Gasteiger partial charge in [-0.2, -0.15) is 5.10 Å². The smallest absolute Gasteiger partial charge is 0.165 e. The van der Waals surface area contributed by atoms with Crippen LogP contribution in [0.1, 0.15) is 38.4 Å². The maximum atomic E-state index is 5.68. The van der Waals surface area contributed by atoms with Gasteiger partial charge in [0, 0.05) is 13.1 Å². The summed E-state index contributed by atoms with van der Waals surface area (Å²) in [5, 5.41) is 7.56. The fourth-order valence-electron chi connectivity index (χ4n) is 2.02. The molecule has 1 atom stereocenters. The summed E-state index contributed by atoms with van der Waals surface area (Å²) in [6.45, 7) is 5.33. The van der Waals surface area contributed by atoms with E-state index in [1.165, 1.54) is 0 Å². The number of aromatic nitrogens is 3. The molecule has 0 bridgehead atoms. The Morgan fingerprint density at radius 2 is 2.10 bits per heavy atom. The molecule has 2 aromatic heterocycles. The number of rotatable bonds is 7. The highest BCUT2D eigenvalue weighted by Gasteiger charge is 2.09. The lowest BCUT2D eigenvalue weighted by Gasteiger charge is -2.16. The Balaban J connectivity index is 2.01. The van der Waals surface area contributed by atoms with Crippen LogP contribution in [0.25, 0.3) is 0 Å². The molecule has 0 aliphatic rings. The van der Waals surface area contributed by atoms with Crippen LogP contribution >= 0.6 is 0 Å². The minimum Gasteiger partial charge on any atom is -0.452 e. The van der Waals surface area contributed by atoms with E-state index in [1.807, 2.05) is 25.4 Å². The van der Waals surface area contributed by atoms with Crippen molar-refractivity contribution >= 4 is 0 Å². The minimum atomic E-state index is 0.308. The molecule has 2 rings (SSSR count). The summed E-state index contributed by atoms with van der Waals surface area (Å²) in [4.78, 5) is 4.49. The van der Waals surface area contributed by atoms with Crippen LogP contribution in [0.2, 0.25) is 0 Å². The average Bonchev–Trinajstić information content (AvgIpc) is 2.86. The Bertz CT molecular complexity index is 521. The van der Waals surface area contributed by atoms with Gasteiger partial charge in [0.15, 0.2) is 5.75 Å². The lowest BCUT2D eigenvalue weighted by Crippen LogP contribution is -2.22. The Kier molecular flexibility index (Phi) is 5.12. The van der Waals surface area contributed by atoms with Crippen molar-refractivity contribution in [3.05, 3.63) is 36.4 Å². The second kappa shape index (κ2) is 7.05. The third kappa shape index (κ3) is 3.81. The Labute approximate surface area is 120 Å². The summed E-state index contributed by atoms with van der Waals surface area (Å²) in [6.07, 6.45) is 7.42. The number of hydrogen-bond donors (Lipinski definition) is 1. The summed E-state index contributed by atoms with van der Waals surface area (Å²) in [5.41, 5.74) is 1.06. The predicted octanol–water partition coefficient (Wildman–Crippen LogP) is 3.06. The highest BCUT2D eigenvalue weighted by atomic mass is 16.5. The quantitative estimate of drug-likeness (QED) is 0.843. The second-order valence-corrected chi connectivity index (χ2v) is 4.79. The molecule has 1 N–H and O–H groups in total. The minimum absolute atomic E-state index is 0.308. The summed E-state index contributed by atoms with van der Waals surface area (Å²) in [5.74, 6) is 1.45. The van der Waals surface area contributed by atoms with Crippen molar-refractivity contribution in [1.82, 2.24) is 20.1 Å². The van der Waals surface area contributed by atoms with Gasteiger partial charge in [0.1, 0.15) is 5.75 Å². The molecule has 0 spiro atoms. The molecule has 108 valence electrons. The lowest BCUT2D eigenvalue weighted by molar-refractivity contribution is 0.473. The van der Waals surface area contributed by atoms with Crippen LogP contribution in [0.4, 0.5) is 0 Å². The topological polar surface area (TPSA) is 52.0 Å². The molecule has 0 amide bonds. The van der Waals surface area contributed by atoms with Crippen LogP contribution in [0.3, 0.4) is 0 Å². The van der Waals surface area contributed by atoms with Gasteiger partial charge in [-0.15, -0.1) is 0 Å². The van der Waals surface area contributed by atoms with Gasteiger partial charge in [-0.25, -0.2) is 0 Å². The summed E-state index contributed by atoms with van der Waals surface area (Å²) in [7, 11) is 1.86. The normalized spacial score (nSPS) is 12.3. The largest absolute Gasteiger partial charge is 0.452 e. The van der Waals surface area contributed by atoms with Gasteiger partial charge in [0.05, 0.1) is 24.3 Å². The van der Waals surface area contributed by atoms with Gasteiger partial charge in [0.25, 0.3) is 0 Å². The number of ether oxygens (including phenoxy) is 1. The Morgan fingerprint density at radius 1 is 1.25 bits per heavy atom. The van der Waals surface area contributed by atoms with Gasteiger partial charge in [-0.3, -0.25) is 9.67 Å². The van der Waals surface area contributed by atoms with Gasteiger partial charge in [0.2, 0.25) is 0 Å². The zero-order valence-corrected chi connectivity index (χ0v) is 12.3. The molecule has 2 aromatic rings. The third-order valence-corrected chi connectivity index (χ3v) is 3.08. The van der Waals surface area contributed by atoms with Gasteiger partial charge in [-0.1, -0.05) is 13.8 Å². The highest BCUT2D eigenvalue weighted by Crippen LogP contribution is 2.22. The zero-order chi connectivity index (χ0) is 14.4. The Hall–Kier alpha value is -1.88. The van der Waals surface area contributed by atoms with E-state index in [2.05, 4.69) is 29.2 Å². The van der Waals surface area contributed by atoms with Crippen molar-refractivity contribution in [3.8, 4) is 11.5 Å². The van der Waals surface area contributed by atoms with E-state index >= 15 is 0 Å². The van der Waals surface area contributed by atoms with Crippen LogP contribution in [-0.2, 0) is 7.05 Å². The third-order valence-electron chi connectivity index (χ3n) is 3.08. The Morgan fingerprint density at radius 3 is 2.65 bits per heavy atom. The van der Waals surface area contributed by atoms with E-state index in [-0.39, 0.29) is 0 Å². The molecule has 5 nitrogen and oxygen atoms in total. The van der Waals surface area contributed by atoms with E-state index < -0.39 is 0 Å². The van der Waals surface area contributed by atoms with E-state index in [0.717, 1.165) is 36.6 Å². The van der Waals surface area contributed by atoms with Crippen LogP contribution < -0.4 is 10.1 Å². The molecule has 5 heteroatoms. The first-order valence-electron chi connectivity index (χ1n) is 7.08. The number of hydrogen-bond acceptors (Lipinski definition) is 4. The molecular weight excluding hydrogens is 252 g/mol. The van der Waals surface area contributed by atoms with Crippen molar-refractivity contribution in [1.29, 1.82) is 0 Å². The molecule has 1 unspecified atom stereocenters. The van der Waals surface area contributed by atoms with Gasteiger partial charge >= 0.3 is 0 Å².